The number of guanidine groups is 1. The van der Waals surface area contributed by atoms with E-state index in [2.05, 4.69) is 4.99 Å². The molecule has 0 bridgehead atoms. The summed E-state index contributed by atoms with van der Waals surface area (Å²) in [5.74, 6) is 0.255. The average Bonchev–Trinajstić information content (AvgIpc) is 2.55. The predicted octanol–water partition coefficient (Wildman–Crippen LogP) is 2.54. The minimum absolute atomic E-state index is 0.225. The molecule has 0 atom stereocenters. The molecule has 1 saturated heterocycles. The van der Waals surface area contributed by atoms with Crippen LogP contribution in [-0.4, -0.2) is 60.2 Å². The second-order valence-electron chi connectivity index (χ2n) is 7.52. The van der Waals surface area contributed by atoms with Gasteiger partial charge in [-0.05, 0) is 57.4 Å². The van der Waals surface area contributed by atoms with E-state index < -0.39 is 5.60 Å². The number of piperazine rings is 1. The fraction of sp³-hybridized carbons (Fsp3) is 0.579. The van der Waals surface area contributed by atoms with E-state index >= 15 is 0 Å². The number of benzene rings is 1. The topological polar surface area (TPSA) is 71.2 Å². The molecule has 1 fully saturated rings. The minimum atomic E-state index is -0.493. The number of halogens is 1. The number of hydrogen-bond acceptors (Lipinski definition) is 3. The third-order valence-corrected chi connectivity index (χ3v) is 4.21. The summed E-state index contributed by atoms with van der Waals surface area (Å²) in [6, 6.07) is 4.78. The van der Waals surface area contributed by atoms with Gasteiger partial charge in [-0.15, -0.1) is 0 Å². The van der Waals surface area contributed by atoms with Crippen molar-refractivity contribution in [2.45, 2.75) is 39.7 Å². The number of carbonyl (C=O) groups is 1. The zero-order valence-corrected chi connectivity index (χ0v) is 16.1. The van der Waals surface area contributed by atoms with Crippen LogP contribution in [0.2, 0.25) is 0 Å². The van der Waals surface area contributed by atoms with Crippen LogP contribution >= 0.6 is 0 Å². The normalized spacial score (nSPS) is 16.0. The molecule has 0 unspecified atom stereocenters. The van der Waals surface area contributed by atoms with Crippen molar-refractivity contribution in [1.29, 1.82) is 0 Å². The van der Waals surface area contributed by atoms with E-state index in [9.17, 15) is 9.18 Å². The highest BCUT2D eigenvalue weighted by Crippen LogP contribution is 2.13. The third-order valence-electron chi connectivity index (χ3n) is 4.21. The molecule has 26 heavy (non-hydrogen) atoms. The van der Waals surface area contributed by atoms with Gasteiger partial charge in [-0.1, -0.05) is 6.07 Å². The molecule has 0 radical (unpaired) electrons. The van der Waals surface area contributed by atoms with Crippen LogP contribution in [0.1, 0.15) is 31.9 Å². The van der Waals surface area contributed by atoms with E-state index in [0.717, 1.165) is 11.1 Å². The molecule has 1 aromatic rings. The van der Waals surface area contributed by atoms with Crippen LogP contribution in [0, 0.1) is 12.7 Å². The van der Waals surface area contributed by atoms with Crippen molar-refractivity contribution < 1.29 is 13.9 Å². The molecular formula is C19H29FN4O2. The van der Waals surface area contributed by atoms with Gasteiger partial charge in [-0.2, -0.15) is 0 Å². The van der Waals surface area contributed by atoms with Gasteiger partial charge >= 0.3 is 6.09 Å². The Kier molecular flexibility index (Phi) is 6.45. The van der Waals surface area contributed by atoms with Crippen molar-refractivity contribution in [2.24, 2.45) is 10.7 Å². The van der Waals surface area contributed by atoms with Crippen molar-refractivity contribution in [1.82, 2.24) is 9.80 Å². The summed E-state index contributed by atoms with van der Waals surface area (Å²) < 4.78 is 18.5. The third kappa shape index (κ3) is 5.89. The smallest absolute Gasteiger partial charge is 0.410 e. The summed E-state index contributed by atoms with van der Waals surface area (Å²) in [7, 11) is 0. The molecule has 1 aliphatic rings. The van der Waals surface area contributed by atoms with Gasteiger partial charge in [0.25, 0.3) is 0 Å². The highest BCUT2D eigenvalue weighted by Gasteiger charge is 2.26. The molecule has 2 rings (SSSR count). The van der Waals surface area contributed by atoms with Crippen LogP contribution in [-0.2, 0) is 11.2 Å². The van der Waals surface area contributed by atoms with Gasteiger partial charge < -0.3 is 20.3 Å². The number of nitrogens with zero attached hydrogens (tertiary/aromatic N) is 3. The van der Waals surface area contributed by atoms with E-state index in [4.69, 9.17) is 10.5 Å². The fourth-order valence-electron chi connectivity index (χ4n) is 2.78. The minimum Gasteiger partial charge on any atom is -0.444 e. The molecule has 1 amide bonds. The SMILES string of the molecule is Cc1cc(F)ccc1CCN=C(N)N1CCN(C(=O)OC(C)(C)C)CC1. The molecule has 1 heterocycles. The molecule has 0 aromatic heterocycles. The van der Waals surface area contributed by atoms with Crippen LogP contribution in [0.5, 0.6) is 0 Å². The zero-order chi connectivity index (χ0) is 19.3. The predicted molar refractivity (Wildman–Crippen MR) is 101 cm³/mol. The van der Waals surface area contributed by atoms with Gasteiger partial charge in [0.05, 0.1) is 0 Å². The highest BCUT2D eigenvalue weighted by molar-refractivity contribution is 5.78. The fourth-order valence-corrected chi connectivity index (χ4v) is 2.78. The molecule has 7 heteroatoms. The maximum atomic E-state index is 13.1. The van der Waals surface area contributed by atoms with Crippen molar-refractivity contribution >= 4 is 12.1 Å². The second kappa shape index (κ2) is 8.38. The first-order chi connectivity index (χ1) is 12.2. The van der Waals surface area contributed by atoms with Crippen LogP contribution in [0.4, 0.5) is 9.18 Å². The first kappa shape index (κ1) is 20.0. The van der Waals surface area contributed by atoms with Crippen molar-refractivity contribution in [3.63, 3.8) is 0 Å². The Morgan fingerprint density at radius 2 is 1.85 bits per heavy atom. The van der Waals surface area contributed by atoms with Crippen LogP contribution in [0.15, 0.2) is 23.2 Å². The number of aryl methyl sites for hydroxylation is 1. The van der Waals surface area contributed by atoms with Crippen molar-refractivity contribution in [3.05, 3.63) is 35.1 Å². The molecule has 144 valence electrons. The van der Waals surface area contributed by atoms with Crippen molar-refractivity contribution in [2.75, 3.05) is 32.7 Å². The van der Waals surface area contributed by atoms with Gasteiger partial charge in [0.15, 0.2) is 5.96 Å². The number of hydrogen-bond donors (Lipinski definition) is 1. The first-order valence-corrected chi connectivity index (χ1v) is 8.93. The maximum Gasteiger partial charge on any atom is 0.410 e. The van der Waals surface area contributed by atoms with Gasteiger partial charge in [-0.25, -0.2) is 9.18 Å². The maximum absolute atomic E-state index is 13.1. The Labute approximate surface area is 154 Å². The number of rotatable bonds is 3. The van der Waals surface area contributed by atoms with E-state index in [0.29, 0.717) is 45.1 Å². The van der Waals surface area contributed by atoms with E-state index in [1.165, 1.54) is 12.1 Å². The standard InChI is InChI=1S/C19H29FN4O2/c1-14-13-16(20)6-5-15(14)7-8-22-17(21)23-9-11-24(12-10-23)18(25)26-19(2,3)4/h5-6,13H,7-12H2,1-4H3,(H2,21,22). The van der Waals surface area contributed by atoms with E-state index in [1.54, 1.807) is 11.0 Å². The lowest BCUT2D eigenvalue weighted by molar-refractivity contribution is 0.0186. The Morgan fingerprint density at radius 1 is 1.23 bits per heavy atom. The van der Waals surface area contributed by atoms with Gasteiger partial charge in [0.2, 0.25) is 0 Å². The Morgan fingerprint density at radius 3 is 2.42 bits per heavy atom. The Bertz CT molecular complexity index is 662. The van der Waals surface area contributed by atoms with Crippen molar-refractivity contribution in [3.8, 4) is 0 Å². The Balaban J connectivity index is 1.81. The summed E-state index contributed by atoms with van der Waals surface area (Å²) in [4.78, 5) is 20.2. The van der Waals surface area contributed by atoms with E-state index in [1.807, 2.05) is 32.6 Å². The summed E-state index contributed by atoms with van der Waals surface area (Å²) in [6.45, 7) is 10.4. The summed E-state index contributed by atoms with van der Waals surface area (Å²) in [5, 5.41) is 0. The molecule has 0 aliphatic carbocycles. The first-order valence-electron chi connectivity index (χ1n) is 8.93. The Hall–Kier alpha value is -2.31. The van der Waals surface area contributed by atoms with Crippen LogP contribution < -0.4 is 5.73 Å². The molecule has 1 aromatic carbocycles. The number of carbonyl (C=O) groups excluding carboxylic acids is 1. The number of nitrogens with two attached hydrogens (primary N) is 1. The van der Waals surface area contributed by atoms with E-state index in [-0.39, 0.29) is 11.9 Å². The molecule has 0 spiro atoms. The van der Waals surface area contributed by atoms with Gasteiger partial charge in [0.1, 0.15) is 11.4 Å². The monoisotopic (exact) mass is 364 g/mol. The summed E-state index contributed by atoms with van der Waals surface area (Å²) in [6.07, 6.45) is 0.421. The van der Waals surface area contributed by atoms with Crippen LogP contribution in [0.25, 0.3) is 0 Å². The second-order valence-corrected chi connectivity index (χ2v) is 7.52. The summed E-state index contributed by atoms with van der Waals surface area (Å²) in [5.41, 5.74) is 7.57. The summed E-state index contributed by atoms with van der Waals surface area (Å²) >= 11 is 0. The quantitative estimate of drug-likeness (QED) is 0.661. The lowest BCUT2D eigenvalue weighted by atomic mass is 10.1. The molecule has 0 saturated carbocycles. The molecule has 2 N–H and O–H groups in total. The van der Waals surface area contributed by atoms with Crippen LogP contribution in [0.3, 0.4) is 0 Å². The average molecular weight is 364 g/mol. The number of aliphatic imine (C=N–C) groups is 1. The van der Waals surface area contributed by atoms with Gasteiger partial charge in [0, 0.05) is 32.7 Å². The lowest BCUT2D eigenvalue weighted by Crippen LogP contribution is -2.53. The molecule has 6 nitrogen and oxygen atoms in total. The number of amides is 1. The largest absolute Gasteiger partial charge is 0.444 e. The molecule has 1 aliphatic heterocycles. The van der Waals surface area contributed by atoms with Gasteiger partial charge in [-0.3, -0.25) is 4.99 Å². The molecular weight excluding hydrogens is 335 g/mol. The zero-order valence-electron chi connectivity index (χ0n) is 16.1. The lowest BCUT2D eigenvalue weighted by Gasteiger charge is -2.36. The highest BCUT2D eigenvalue weighted by atomic mass is 19.1. The number of ether oxygens (including phenoxy) is 1.